The number of carbonyl (C=O) groups excluding carboxylic acids is 1. The van der Waals surface area contributed by atoms with Crippen LogP contribution in [0, 0.1) is 0 Å². The molecule has 0 bridgehead atoms. The summed E-state index contributed by atoms with van der Waals surface area (Å²) < 4.78 is 28.0. The number of amides is 1. The van der Waals surface area contributed by atoms with Crippen LogP contribution in [0.2, 0.25) is 0 Å². The van der Waals surface area contributed by atoms with Crippen LogP contribution in [0.15, 0.2) is 0 Å². The first kappa shape index (κ1) is 17.2. The van der Waals surface area contributed by atoms with E-state index in [0.717, 1.165) is 6.42 Å². The van der Waals surface area contributed by atoms with Crippen molar-refractivity contribution in [1.29, 1.82) is 0 Å². The summed E-state index contributed by atoms with van der Waals surface area (Å²) in [7, 11) is -2.88. The van der Waals surface area contributed by atoms with Crippen LogP contribution in [0.4, 0.5) is 4.79 Å². The maximum Gasteiger partial charge on any atom is 0.407 e. The van der Waals surface area contributed by atoms with Crippen molar-refractivity contribution in [2.45, 2.75) is 58.2 Å². The number of alkyl carbamates (subject to hydrolysis) is 1. The van der Waals surface area contributed by atoms with E-state index in [1.54, 1.807) is 0 Å². The average Bonchev–Trinajstić information content (AvgIpc) is 2.61. The lowest BCUT2D eigenvalue weighted by Crippen LogP contribution is -2.46. The van der Waals surface area contributed by atoms with Crippen molar-refractivity contribution in [2.75, 3.05) is 18.1 Å². The minimum atomic E-state index is -2.88. The Labute approximate surface area is 121 Å². The van der Waals surface area contributed by atoms with Gasteiger partial charge in [-0.3, -0.25) is 0 Å². The third-order valence-corrected chi connectivity index (χ3v) is 4.86. The molecule has 0 aromatic heterocycles. The van der Waals surface area contributed by atoms with Gasteiger partial charge >= 0.3 is 6.09 Å². The molecule has 1 aliphatic heterocycles. The van der Waals surface area contributed by atoms with E-state index in [0.29, 0.717) is 13.0 Å². The molecule has 7 heteroatoms. The second-order valence-electron chi connectivity index (χ2n) is 6.25. The highest BCUT2D eigenvalue weighted by Gasteiger charge is 2.29. The summed E-state index contributed by atoms with van der Waals surface area (Å²) in [6.07, 6.45) is 1.01. The van der Waals surface area contributed by atoms with E-state index in [-0.39, 0.29) is 23.6 Å². The first-order valence-electron chi connectivity index (χ1n) is 7.04. The minimum absolute atomic E-state index is 0.00890. The van der Waals surface area contributed by atoms with Gasteiger partial charge in [0.05, 0.1) is 11.5 Å². The summed E-state index contributed by atoms with van der Waals surface area (Å²) in [5, 5.41) is 6.00. The van der Waals surface area contributed by atoms with Crippen molar-refractivity contribution in [2.24, 2.45) is 0 Å². The van der Waals surface area contributed by atoms with Gasteiger partial charge in [0.2, 0.25) is 0 Å². The summed E-state index contributed by atoms with van der Waals surface area (Å²) in [6, 6.07) is 0.0474. The SMILES string of the molecule is CCC(CNC(=O)OC(C)(C)C)NC1CCS(=O)(=O)C1. The molecule has 0 radical (unpaired) electrons. The van der Waals surface area contributed by atoms with E-state index in [1.165, 1.54) is 0 Å². The highest BCUT2D eigenvalue weighted by atomic mass is 32.2. The fourth-order valence-electron chi connectivity index (χ4n) is 2.10. The normalized spacial score (nSPS) is 23.3. The predicted molar refractivity (Wildman–Crippen MR) is 78.5 cm³/mol. The largest absolute Gasteiger partial charge is 0.444 e. The minimum Gasteiger partial charge on any atom is -0.444 e. The number of nitrogens with one attached hydrogen (secondary N) is 2. The standard InChI is InChI=1S/C13H26N2O4S/c1-5-10(8-14-12(16)19-13(2,3)4)15-11-6-7-20(17,18)9-11/h10-11,15H,5-9H2,1-4H3,(H,14,16). The lowest BCUT2D eigenvalue weighted by atomic mass is 10.1. The van der Waals surface area contributed by atoms with Crippen molar-refractivity contribution in [3.63, 3.8) is 0 Å². The topological polar surface area (TPSA) is 84.5 Å². The number of carbonyl (C=O) groups is 1. The van der Waals surface area contributed by atoms with Gasteiger partial charge in [-0.2, -0.15) is 0 Å². The van der Waals surface area contributed by atoms with Gasteiger partial charge in [-0.25, -0.2) is 13.2 Å². The zero-order valence-corrected chi connectivity index (χ0v) is 13.5. The Kier molecular flexibility index (Phi) is 5.82. The van der Waals surface area contributed by atoms with E-state index in [1.807, 2.05) is 27.7 Å². The van der Waals surface area contributed by atoms with Crippen LogP contribution in [0.5, 0.6) is 0 Å². The smallest absolute Gasteiger partial charge is 0.407 e. The first-order chi connectivity index (χ1) is 9.11. The van der Waals surface area contributed by atoms with Gasteiger partial charge in [0.15, 0.2) is 9.84 Å². The third-order valence-electron chi connectivity index (χ3n) is 3.09. The molecule has 20 heavy (non-hydrogen) atoms. The van der Waals surface area contributed by atoms with Crippen molar-refractivity contribution < 1.29 is 17.9 Å². The van der Waals surface area contributed by atoms with Gasteiger partial charge in [0.1, 0.15) is 5.60 Å². The number of hydrogen-bond donors (Lipinski definition) is 2. The lowest BCUT2D eigenvalue weighted by molar-refractivity contribution is 0.0521. The molecule has 1 aliphatic rings. The lowest BCUT2D eigenvalue weighted by Gasteiger charge is -2.23. The van der Waals surface area contributed by atoms with Gasteiger partial charge in [0.25, 0.3) is 0 Å². The fraction of sp³-hybridized carbons (Fsp3) is 0.923. The van der Waals surface area contributed by atoms with Gasteiger partial charge in [-0.1, -0.05) is 6.92 Å². The Hall–Kier alpha value is -0.820. The summed E-state index contributed by atoms with van der Waals surface area (Å²) in [5.41, 5.74) is -0.515. The highest BCUT2D eigenvalue weighted by Crippen LogP contribution is 2.12. The molecule has 118 valence electrons. The van der Waals surface area contributed by atoms with Crippen molar-refractivity contribution in [1.82, 2.24) is 10.6 Å². The molecule has 2 atom stereocenters. The van der Waals surface area contributed by atoms with E-state index >= 15 is 0 Å². The third kappa shape index (κ3) is 6.56. The first-order valence-corrected chi connectivity index (χ1v) is 8.87. The quantitative estimate of drug-likeness (QED) is 0.793. The van der Waals surface area contributed by atoms with Crippen LogP contribution in [0.25, 0.3) is 0 Å². The second-order valence-corrected chi connectivity index (χ2v) is 8.48. The summed E-state index contributed by atoms with van der Waals surface area (Å²) >= 11 is 0. The molecule has 1 heterocycles. The number of sulfone groups is 1. The molecular formula is C13H26N2O4S. The van der Waals surface area contributed by atoms with E-state index in [2.05, 4.69) is 10.6 Å². The molecule has 6 nitrogen and oxygen atoms in total. The molecule has 2 unspecified atom stereocenters. The Balaban J connectivity index is 2.35. The Bertz CT molecular complexity index is 428. The zero-order chi connectivity index (χ0) is 15.4. The van der Waals surface area contributed by atoms with Crippen LogP contribution < -0.4 is 10.6 Å². The Morgan fingerprint density at radius 2 is 2.05 bits per heavy atom. The molecule has 0 aromatic rings. The van der Waals surface area contributed by atoms with Crippen LogP contribution in [0.1, 0.15) is 40.5 Å². The monoisotopic (exact) mass is 306 g/mol. The Morgan fingerprint density at radius 3 is 2.50 bits per heavy atom. The molecule has 0 saturated carbocycles. The van der Waals surface area contributed by atoms with Crippen LogP contribution >= 0.6 is 0 Å². The van der Waals surface area contributed by atoms with Gasteiger partial charge in [-0.15, -0.1) is 0 Å². The zero-order valence-electron chi connectivity index (χ0n) is 12.7. The molecule has 1 amide bonds. The number of hydrogen-bond acceptors (Lipinski definition) is 5. The Morgan fingerprint density at radius 1 is 1.40 bits per heavy atom. The summed E-state index contributed by atoms with van der Waals surface area (Å²) in [4.78, 5) is 11.6. The highest BCUT2D eigenvalue weighted by molar-refractivity contribution is 7.91. The molecule has 1 saturated heterocycles. The van der Waals surface area contributed by atoms with Gasteiger partial charge in [-0.05, 0) is 33.6 Å². The molecule has 2 N–H and O–H groups in total. The van der Waals surface area contributed by atoms with Crippen LogP contribution in [0.3, 0.4) is 0 Å². The van der Waals surface area contributed by atoms with Crippen molar-refractivity contribution >= 4 is 15.9 Å². The predicted octanol–water partition coefficient (Wildman–Crippen LogP) is 1.07. The maximum absolute atomic E-state index is 11.6. The van der Waals surface area contributed by atoms with Crippen molar-refractivity contribution in [3.8, 4) is 0 Å². The maximum atomic E-state index is 11.6. The van der Waals surface area contributed by atoms with Crippen LogP contribution in [-0.2, 0) is 14.6 Å². The molecule has 1 fully saturated rings. The molecule has 1 rings (SSSR count). The van der Waals surface area contributed by atoms with E-state index < -0.39 is 21.5 Å². The molecule has 0 aliphatic carbocycles. The van der Waals surface area contributed by atoms with E-state index in [9.17, 15) is 13.2 Å². The summed E-state index contributed by atoms with van der Waals surface area (Å²) in [6.45, 7) is 7.86. The van der Waals surface area contributed by atoms with Gasteiger partial charge in [0, 0.05) is 18.6 Å². The molecular weight excluding hydrogens is 280 g/mol. The molecule has 0 aromatic carbocycles. The molecule has 0 spiro atoms. The number of rotatable bonds is 5. The summed E-state index contributed by atoms with van der Waals surface area (Å²) in [5.74, 6) is 0.441. The fourth-order valence-corrected chi connectivity index (χ4v) is 3.79. The van der Waals surface area contributed by atoms with Gasteiger partial charge < -0.3 is 15.4 Å². The van der Waals surface area contributed by atoms with Crippen molar-refractivity contribution in [3.05, 3.63) is 0 Å². The average molecular weight is 306 g/mol. The number of ether oxygens (including phenoxy) is 1. The van der Waals surface area contributed by atoms with Crippen LogP contribution in [-0.4, -0.2) is 50.2 Å². The van der Waals surface area contributed by atoms with E-state index in [4.69, 9.17) is 4.74 Å². The second kappa shape index (κ2) is 6.76.